The van der Waals surface area contributed by atoms with E-state index in [-0.39, 0.29) is 10.8 Å². The standard InChI is InChI=1S/C19H21N3O4S/c1-14-8-9-16(26-14)10-11-19(23)20-15-5-3-6-17(13-15)27(24,25)21-18-7-4-12-22(18)2/h3,5-6,8-11,13H,4,7,12H2,1-2H3,(H,20,23). The van der Waals surface area contributed by atoms with Crippen molar-refractivity contribution in [1.82, 2.24) is 4.90 Å². The van der Waals surface area contributed by atoms with E-state index in [1.807, 2.05) is 18.9 Å². The molecule has 2 aromatic rings. The average Bonchev–Trinajstić information content (AvgIpc) is 3.21. The largest absolute Gasteiger partial charge is 0.462 e. The van der Waals surface area contributed by atoms with E-state index < -0.39 is 10.0 Å². The summed E-state index contributed by atoms with van der Waals surface area (Å²) >= 11 is 0. The second kappa shape index (κ2) is 7.79. The molecule has 142 valence electrons. The predicted octanol–water partition coefficient (Wildman–Crippen LogP) is 3.05. The molecule has 1 saturated heterocycles. The summed E-state index contributed by atoms with van der Waals surface area (Å²) in [5, 5.41) is 2.64. The first-order valence-corrected chi connectivity index (χ1v) is 9.98. The Morgan fingerprint density at radius 1 is 1.30 bits per heavy atom. The summed E-state index contributed by atoms with van der Waals surface area (Å²) < 4.78 is 34.4. The zero-order valence-electron chi connectivity index (χ0n) is 15.2. The number of anilines is 1. The van der Waals surface area contributed by atoms with Gasteiger partial charge in [-0.2, -0.15) is 8.42 Å². The van der Waals surface area contributed by atoms with Crippen molar-refractivity contribution in [2.75, 3.05) is 18.9 Å². The second-order valence-corrected chi connectivity index (χ2v) is 7.91. The van der Waals surface area contributed by atoms with E-state index >= 15 is 0 Å². The molecule has 2 heterocycles. The fourth-order valence-corrected chi connectivity index (χ4v) is 3.86. The van der Waals surface area contributed by atoms with Crippen molar-refractivity contribution in [2.24, 2.45) is 4.40 Å². The number of amidine groups is 1. The van der Waals surface area contributed by atoms with Crippen LogP contribution in [-0.2, 0) is 14.8 Å². The van der Waals surface area contributed by atoms with Crippen molar-refractivity contribution in [3.63, 3.8) is 0 Å². The Morgan fingerprint density at radius 3 is 2.78 bits per heavy atom. The van der Waals surface area contributed by atoms with E-state index in [0.717, 1.165) is 18.7 Å². The second-order valence-electron chi connectivity index (χ2n) is 6.31. The maximum atomic E-state index is 12.5. The van der Waals surface area contributed by atoms with Crippen LogP contribution in [0.25, 0.3) is 6.08 Å². The van der Waals surface area contributed by atoms with Crippen LogP contribution in [0.4, 0.5) is 5.69 Å². The van der Waals surface area contributed by atoms with Crippen molar-refractivity contribution in [3.05, 3.63) is 54.0 Å². The summed E-state index contributed by atoms with van der Waals surface area (Å²) in [4.78, 5) is 13.9. The van der Waals surface area contributed by atoms with Crippen LogP contribution < -0.4 is 5.32 Å². The highest BCUT2D eigenvalue weighted by atomic mass is 32.2. The topological polar surface area (TPSA) is 92.0 Å². The summed E-state index contributed by atoms with van der Waals surface area (Å²) in [5.41, 5.74) is 0.376. The Kier molecular flexibility index (Phi) is 5.46. The van der Waals surface area contributed by atoms with Crippen LogP contribution in [0.5, 0.6) is 0 Å². The Labute approximate surface area is 158 Å². The number of benzene rings is 1. The number of sulfonamides is 1. The lowest BCUT2D eigenvalue weighted by molar-refractivity contribution is -0.111. The molecule has 0 bridgehead atoms. The molecule has 0 saturated carbocycles. The summed E-state index contributed by atoms with van der Waals surface area (Å²) in [6.45, 7) is 2.61. The Balaban J connectivity index is 1.73. The molecule has 1 aromatic heterocycles. The number of hydrogen-bond donors (Lipinski definition) is 1. The molecule has 1 aliphatic heterocycles. The van der Waals surface area contributed by atoms with Crippen molar-refractivity contribution in [2.45, 2.75) is 24.7 Å². The molecule has 0 unspecified atom stereocenters. The SMILES string of the molecule is Cc1ccc(C=CC(=O)Nc2cccc(S(=O)(=O)N=C3CCCN3C)c2)o1. The summed E-state index contributed by atoms with van der Waals surface area (Å²) in [5.74, 6) is 1.49. The third kappa shape index (κ3) is 4.85. The monoisotopic (exact) mass is 387 g/mol. The van der Waals surface area contributed by atoms with Crippen molar-refractivity contribution in [1.29, 1.82) is 0 Å². The van der Waals surface area contributed by atoms with Crippen LogP contribution in [0, 0.1) is 6.92 Å². The van der Waals surface area contributed by atoms with E-state index in [9.17, 15) is 13.2 Å². The number of nitrogens with zero attached hydrogens (tertiary/aromatic N) is 2. The predicted molar refractivity (Wildman–Crippen MR) is 104 cm³/mol. The molecule has 0 aliphatic carbocycles. The van der Waals surface area contributed by atoms with Gasteiger partial charge in [-0.1, -0.05) is 6.07 Å². The molecule has 1 fully saturated rings. The van der Waals surface area contributed by atoms with Crippen LogP contribution >= 0.6 is 0 Å². The first kappa shape index (κ1) is 18.9. The summed E-state index contributed by atoms with van der Waals surface area (Å²) in [6.07, 6.45) is 4.41. The lowest BCUT2D eigenvalue weighted by atomic mass is 10.3. The van der Waals surface area contributed by atoms with Gasteiger partial charge in [-0.05, 0) is 49.8 Å². The number of likely N-dealkylation sites (tertiary alicyclic amines) is 1. The number of rotatable bonds is 5. The number of amides is 1. The van der Waals surface area contributed by atoms with Crippen LogP contribution in [-0.4, -0.2) is 38.7 Å². The molecule has 8 heteroatoms. The molecule has 1 N–H and O–H groups in total. The van der Waals surface area contributed by atoms with Crippen LogP contribution in [0.2, 0.25) is 0 Å². The Hall–Kier alpha value is -2.87. The Morgan fingerprint density at radius 2 is 2.11 bits per heavy atom. The van der Waals surface area contributed by atoms with Crippen molar-refractivity contribution in [3.8, 4) is 0 Å². The maximum Gasteiger partial charge on any atom is 0.284 e. The zero-order chi connectivity index (χ0) is 19.4. The molecule has 1 amide bonds. The summed E-state index contributed by atoms with van der Waals surface area (Å²) in [7, 11) is -2.00. The average molecular weight is 387 g/mol. The number of carbonyl (C=O) groups excluding carboxylic acids is 1. The van der Waals surface area contributed by atoms with E-state index in [0.29, 0.717) is 23.7 Å². The van der Waals surface area contributed by atoms with Gasteiger partial charge in [0.1, 0.15) is 17.4 Å². The lowest BCUT2D eigenvalue weighted by Crippen LogP contribution is -2.20. The quantitative estimate of drug-likeness (QED) is 0.796. The minimum Gasteiger partial charge on any atom is -0.462 e. The maximum absolute atomic E-state index is 12.5. The van der Waals surface area contributed by atoms with Gasteiger partial charge in [-0.15, -0.1) is 4.40 Å². The number of aryl methyl sites for hydroxylation is 1. The van der Waals surface area contributed by atoms with Gasteiger partial charge in [0, 0.05) is 31.8 Å². The van der Waals surface area contributed by atoms with Gasteiger partial charge >= 0.3 is 0 Å². The number of hydrogen-bond acceptors (Lipinski definition) is 4. The molecule has 0 spiro atoms. The lowest BCUT2D eigenvalue weighted by Gasteiger charge is -2.11. The fraction of sp³-hybridized carbons (Fsp3) is 0.263. The molecule has 0 radical (unpaired) electrons. The molecule has 1 aliphatic rings. The van der Waals surface area contributed by atoms with Crippen molar-refractivity contribution >= 4 is 33.5 Å². The molecule has 3 rings (SSSR count). The van der Waals surface area contributed by atoms with E-state index in [4.69, 9.17) is 4.42 Å². The van der Waals surface area contributed by atoms with Crippen LogP contribution in [0.1, 0.15) is 24.4 Å². The van der Waals surface area contributed by atoms with E-state index in [1.54, 1.807) is 30.3 Å². The van der Waals surface area contributed by atoms with E-state index in [1.165, 1.54) is 18.2 Å². The first-order chi connectivity index (χ1) is 12.8. The molecular formula is C19H21N3O4S. The fourth-order valence-electron chi connectivity index (χ4n) is 2.72. The molecule has 27 heavy (non-hydrogen) atoms. The van der Waals surface area contributed by atoms with Crippen LogP contribution in [0.15, 0.2) is 56.2 Å². The molecule has 0 atom stereocenters. The smallest absolute Gasteiger partial charge is 0.284 e. The van der Waals surface area contributed by atoms with Gasteiger partial charge < -0.3 is 14.6 Å². The van der Waals surface area contributed by atoms with Gasteiger partial charge in [0.25, 0.3) is 10.0 Å². The van der Waals surface area contributed by atoms with Gasteiger partial charge in [0.2, 0.25) is 5.91 Å². The van der Waals surface area contributed by atoms with Gasteiger partial charge in [0.05, 0.1) is 4.90 Å². The summed E-state index contributed by atoms with van der Waals surface area (Å²) in [6, 6.07) is 9.61. The number of furan rings is 1. The van der Waals surface area contributed by atoms with Gasteiger partial charge in [-0.3, -0.25) is 4.79 Å². The first-order valence-electron chi connectivity index (χ1n) is 8.54. The third-order valence-electron chi connectivity index (χ3n) is 4.12. The minimum atomic E-state index is -3.83. The Bertz CT molecular complexity index is 1010. The number of carbonyl (C=O) groups is 1. The van der Waals surface area contributed by atoms with Gasteiger partial charge in [-0.25, -0.2) is 0 Å². The molecule has 1 aromatic carbocycles. The highest BCUT2D eigenvalue weighted by Gasteiger charge is 2.20. The molecule has 7 nitrogen and oxygen atoms in total. The highest BCUT2D eigenvalue weighted by Crippen LogP contribution is 2.20. The zero-order valence-corrected chi connectivity index (χ0v) is 16.0. The minimum absolute atomic E-state index is 0.0405. The van der Waals surface area contributed by atoms with Crippen molar-refractivity contribution < 1.29 is 17.6 Å². The van der Waals surface area contributed by atoms with Gasteiger partial charge in [0.15, 0.2) is 0 Å². The normalized spacial score (nSPS) is 16.4. The molecular weight excluding hydrogens is 366 g/mol. The van der Waals surface area contributed by atoms with E-state index in [2.05, 4.69) is 9.71 Å². The number of nitrogens with one attached hydrogen (secondary N) is 1. The van der Waals surface area contributed by atoms with Crippen LogP contribution in [0.3, 0.4) is 0 Å². The third-order valence-corrected chi connectivity index (χ3v) is 5.42. The highest BCUT2D eigenvalue weighted by molar-refractivity contribution is 7.90.